The SMILES string of the molecule is OCC1CCN(Cc2ncc(-c3ccc(F)cc3)o2)C1. The van der Waals surface area contributed by atoms with E-state index in [0.717, 1.165) is 25.1 Å². The highest BCUT2D eigenvalue weighted by molar-refractivity contribution is 5.55. The Morgan fingerprint density at radius 2 is 2.15 bits per heavy atom. The van der Waals surface area contributed by atoms with Gasteiger partial charge < -0.3 is 9.52 Å². The number of aromatic nitrogens is 1. The van der Waals surface area contributed by atoms with Crippen molar-refractivity contribution in [2.24, 2.45) is 5.92 Å². The number of nitrogens with zero attached hydrogens (tertiary/aromatic N) is 2. The van der Waals surface area contributed by atoms with E-state index in [1.807, 2.05) is 0 Å². The minimum absolute atomic E-state index is 0.239. The number of oxazole rings is 1. The number of likely N-dealkylation sites (tertiary alicyclic amines) is 1. The highest BCUT2D eigenvalue weighted by Crippen LogP contribution is 2.23. The fourth-order valence-corrected chi connectivity index (χ4v) is 2.53. The molecule has 1 fully saturated rings. The van der Waals surface area contributed by atoms with E-state index in [2.05, 4.69) is 9.88 Å². The minimum Gasteiger partial charge on any atom is -0.439 e. The largest absolute Gasteiger partial charge is 0.439 e. The van der Waals surface area contributed by atoms with Crippen LogP contribution in [0.3, 0.4) is 0 Å². The molecule has 20 heavy (non-hydrogen) atoms. The molecule has 2 heterocycles. The molecule has 5 heteroatoms. The summed E-state index contributed by atoms with van der Waals surface area (Å²) in [6.07, 6.45) is 2.68. The zero-order valence-corrected chi connectivity index (χ0v) is 11.1. The summed E-state index contributed by atoms with van der Waals surface area (Å²) in [6, 6.07) is 6.17. The third kappa shape index (κ3) is 2.89. The van der Waals surface area contributed by atoms with Crippen LogP contribution in [0, 0.1) is 11.7 Å². The molecule has 106 valence electrons. The van der Waals surface area contributed by atoms with Crippen molar-refractivity contribution in [1.82, 2.24) is 9.88 Å². The first-order chi connectivity index (χ1) is 9.74. The predicted molar refractivity (Wildman–Crippen MR) is 72.4 cm³/mol. The molecule has 1 atom stereocenters. The van der Waals surface area contributed by atoms with Gasteiger partial charge in [-0.05, 0) is 43.1 Å². The summed E-state index contributed by atoms with van der Waals surface area (Å²) < 4.78 is 18.6. The number of aliphatic hydroxyl groups excluding tert-OH is 1. The molecule has 0 spiro atoms. The molecule has 3 rings (SSSR count). The van der Waals surface area contributed by atoms with E-state index in [4.69, 9.17) is 9.52 Å². The topological polar surface area (TPSA) is 49.5 Å². The Bertz CT molecular complexity index is 568. The van der Waals surface area contributed by atoms with Crippen molar-refractivity contribution in [3.8, 4) is 11.3 Å². The highest BCUT2D eigenvalue weighted by Gasteiger charge is 2.23. The van der Waals surface area contributed by atoms with E-state index in [1.54, 1.807) is 18.3 Å². The lowest BCUT2D eigenvalue weighted by Crippen LogP contribution is -2.21. The van der Waals surface area contributed by atoms with Crippen molar-refractivity contribution in [1.29, 1.82) is 0 Å². The summed E-state index contributed by atoms with van der Waals surface area (Å²) >= 11 is 0. The zero-order valence-electron chi connectivity index (χ0n) is 11.1. The third-order valence-electron chi connectivity index (χ3n) is 3.67. The Kier molecular flexibility index (Phi) is 3.80. The first-order valence-electron chi connectivity index (χ1n) is 6.78. The maximum atomic E-state index is 12.9. The number of rotatable bonds is 4. The lowest BCUT2D eigenvalue weighted by Gasteiger charge is -2.12. The molecule has 1 aromatic carbocycles. The van der Waals surface area contributed by atoms with Gasteiger partial charge in [-0.1, -0.05) is 0 Å². The second kappa shape index (κ2) is 5.73. The van der Waals surface area contributed by atoms with Crippen LogP contribution in [0.15, 0.2) is 34.9 Å². The second-order valence-electron chi connectivity index (χ2n) is 5.20. The van der Waals surface area contributed by atoms with Crippen LogP contribution in [-0.2, 0) is 6.54 Å². The van der Waals surface area contributed by atoms with Crippen molar-refractivity contribution >= 4 is 0 Å². The summed E-state index contributed by atoms with van der Waals surface area (Å²) in [6.45, 7) is 2.73. The van der Waals surface area contributed by atoms with E-state index >= 15 is 0 Å². The van der Waals surface area contributed by atoms with Crippen LogP contribution < -0.4 is 0 Å². The first kappa shape index (κ1) is 13.3. The smallest absolute Gasteiger partial charge is 0.209 e. The maximum absolute atomic E-state index is 12.9. The molecule has 1 aliphatic heterocycles. The quantitative estimate of drug-likeness (QED) is 0.931. The van der Waals surface area contributed by atoms with Crippen LogP contribution in [0.2, 0.25) is 0 Å². The van der Waals surface area contributed by atoms with Crippen LogP contribution in [0.5, 0.6) is 0 Å². The Hall–Kier alpha value is -1.72. The van der Waals surface area contributed by atoms with Gasteiger partial charge in [0.1, 0.15) is 5.82 Å². The van der Waals surface area contributed by atoms with E-state index in [1.165, 1.54) is 12.1 Å². The molecule has 4 nitrogen and oxygen atoms in total. The molecular weight excluding hydrogens is 259 g/mol. The van der Waals surface area contributed by atoms with E-state index in [9.17, 15) is 4.39 Å². The van der Waals surface area contributed by atoms with Crippen LogP contribution in [0.25, 0.3) is 11.3 Å². The van der Waals surface area contributed by atoms with Gasteiger partial charge in [0.25, 0.3) is 0 Å². The molecule has 0 amide bonds. The van der Waals surface area contributed by atoms with Crippen molar-refractivity contribution in [2.75, 3.05) is 19.7 Å². The van der Waals surface area contributed by atoms with Gasteiger partial charge in [-0.2, -0.15) is 0 Å². The summed E-state index contributed by atoms with van der Waals surface area (Å²) in [5.41, 5.74) is 0.819. The van der Waals surface area contributed by atoms with Gasteiger partial charge in [0.15, 0.2) is 5.76 Å². The summed E-state index contributed by atoms with van der Waals surface area (Å²) in [7, 11) is 0. The Labute approximate surface area is 116 Å². The average molecular weight is 276 g/mol. The molecule has 0 aliphatic carbocycles. The number of benzene rings is 1. The van der Waals surface area contributed by atoms with Gasteiger partial charge in [0.05, 0.1) is 12.7 Å². The number of halogens is 1. The fourth-order valence-electron chi connectivity index (χ4n) is 2.53. The maximum Gasteiger partial charge on any atom is 0.209 e. The lowest BCUT2D eigenvalue weighted by atomic mass is 10.1. The standard InChI is InChI=1S/C15H17FN2O2/c16-13-3-1-12(2-4-13)14-7-17-15(20-14)9-18-6-5-11(8-18)10-19/h1-4,7,11,19H,5-6,8-10H2. The Morgan fingerprint density at radius 1 is 1.35 bits per heavy atom. The van der Waals surface area contributed by atoms with Crippen LogP contribution in [0.4, 0.5) is 4.39 Å². The predicted octanol–water partition coefficient (Wildman–Crippen LogP) is 2.29. The Morgan fingerprint density at radius 3 is 2.85 bits per heavy atom. The summed E-state index contributed by atoms with van der Waals surface area (Å²) in [5, 5.41) is 9.13. The van der Waals surface area contributed by atoms with Gasteiger partial charge in [0, 0.05) is 18.7 Å². The van der Waals surface area contributed by atoms with E-state index < -0.39 is 0 Å². The molecular formula is C15H17FN2O2. The molecule has 1 N–H and O–H groups in total. The average Bonchev–Trinajstić information content (AvgIpc) is 3.09. The molecule has 0 saturated carbocycles. The molecule has 1 unspecified atom stereocenters. The summed E-state index contributed by atoms with van der Waals surface area (Å²) in [4.78, 5) is 6.49. The summed E-state index contributed by atoms with van der Waals surface area (Å²) in [5.74, 6) is 1.41. The van der Waals surface area contributed by atoms with Crippen LogP contribution in [-0.4, -0.2) is 34.7 Å². The van der Waals surface area contributed by atoms with E-state index in [-0.39, 0.29) is 12.4 Å². The van der Waals surface area contributed by atoms with Crippen LogP contribution in [0.1, 0.15) is 12.3 Å². The normalized spacial score (nSPS) is 19.6. The minimum atomic E-state index is -0.263. The van der Waals surface area contributed by atoms with E-state index in [0.29, 0.717) is 24.1 Å². The monoisotopic (exact) mass is 276 g/mol. The molecule has 1 aliphatic rings. The molecule has 0 radical (unpaired) electrons. The Balaban J connectivity index is 1.66. The first-order valence-corrected chi connectivity index (χ1v) is 6.78. The second-order valence-corrected chi connectivity index (χ2v) is 5.20. The van der Waals surface area contributed by atoms with Gasteiger partial charge >= 0.3 is 0 Å². The van der Waals surface area contributed by atoms with Crippen molar-refractivity contribution in [3.63, 3.8) is 0 Å². The van der Waals surface area contributed by atoms with Gasteiger partial charge in [-0.15, -0.1) is 0 Å². The highest BCUT2D eigenvalue weighted by atomic mass is 19.1. The molecule has 2 aromatic rings. The van der Waals surface area contributed by atoms with Crippen molar-refractivity contribution < 1.29 is 13.9 Å². The van der Waals surface area contributed by atoms with Gasteiger partial charge in [0.2, 0.25) is 5.89 Å². The number of hydrogen-bond donors (Lipinski definition) is 1. The number of aliphatic hydroxyl groups is 1. The van der Waals surface area contributed by atoms with Gasteiger partial charge in [-0.25, -0.2) is 9.37 Å². The number of hydrogen-bond acceptors (Lipinski definition) is 4. The van der Waals surface area contributed by atoms with Crippen LogP contribution >= 0.6 is 0 Å². The third-order valence-corrected chi connectivity index (χ3v) is 3.67. The zero-order chi connectivity index (χ0) is 13.9. The lowest BCUT2D eigenvalue weighted by molar-refractivity contribution is 0.215. The van der Waals surface area contributed by atoms with Gasteiger partial charge in [-0.3, -0.25) is 4.90 Å². The van der Waals surface area contributed by atoms with Crippen molar-refractivity contribution in [3.05, 3.63) is 42.2 Å². The fraction of sp³-hybridized carbons (Fsp3) is 0.400. The molecule has 0 bridgehead atoms. The molecule has 1 saturated heterocycles. The van der Waals surface area contributed by atoms with Crippen molar-refractivity contribution in [2.45, 2.75) is 13.0 Å². The molecule has 1 aromatic heterocycles.